The zero-order chi connectivity index (χ0) is 22.1. The maximum absolute atomic E-state index is 10.6. The van der Waals surface area contributed by atoms with Gasteiger partial charge in [-0.05, 0) is 43.4 Å². The van der Waals surface area contributed by atoms with Crippen molar-refractivity contribution < 1.29 is 34.3 Å². The van der Waals surface area contributed by atoms with Gasteiger partial charge in [0.1, 0.15) is 12.4 Å². The molecular formula is C24H32O7. The molecule has 1 saturated carbocycles. The van der Waals surface area contributed by atoms with Crippen molar-refractivity contribution in [2.75, 3.05) is 19.8 Å². The molecule has 3 N–H and O–H groups in total. The van der Waals surface area contributed by atoms with Gasteiger partial charge in [0, 0.05) is 18.8 Å². The summed E-state index contributed by atoms with van der Waals surface area (Å²) < 4.78 is 17.5. The molecule has 1 aromatic rings. The first-order chi connectivity index (χ1) is 15.0. The number of hydrogen-bond acceptors (Lipinski definition) is 6. The predicted octanol–water partition coefficient (Wildman–Crippen LogP) is 2.92. The first kappa shape index (κ1) is 23.5. The Morgan fingerprint density at radius 1 is 1.13 bits per heavy atom. The lowest BCUT2D eigenvalue weighted by Crippen LogP contribution is -2.35. The molecule has 0 spiro atoms. The number of carboxylic acid groups (broad SMARTS) is 1. The van der Waals surface area contributed by atoms with Crippen LogP contribution in [0.2, 0.25) is 0 Å². The number of allylic oxidation sites excluding steroid dienone is 2. The molecule has 0 bridgehead atoms. The molecule has 4 atom stereocenters. The Bertz CT molecular complexity index is 740. The zero-order valence-electron chi connectivity index (χ0n) is 17.6. The number of carbonyl (C=O) groups is 1. The summed E-state index contributed by atoms with van der Waals surface area (Å²) in [6.45, 7) is 1.11. The second kappa shape index (κ2) is 11.4. The fourth-order valence-electron chi connectivity index (χ4n) is 4.11. The van der Waals surface area contributed by atoms with Crippen molar-refractivity contribution in [3.05, 3.63) is 54.6 Å². The molecule has 2 aliphatic rings. The van der Waals surface area contributed by atoms with Crippen LogP contribution in [0.15, 0.2) is 54.6 Å². The average molecular weight is 433 g/mol. The van der Waals surface area contributed by atoms with E-state index in [1.807, 2.05) is 48.6 Å². The molecule has 2 fully saturated rings. The lowest BCUT2D eigenvalue weighted by Gasteiger charge is -2.26. The first-order valence-corrected chi connectivity index (χ1v) is 10.9. The van der Waals surface area contributed by atoms with Crippen molar-refractivity contribution in [2.24, 2.45) is 11.8 Å². The van der Waals surface area contributed by atoms with E-state index in [1.165, 1.54) is 0 Å². The lowest BCUT2D eigenvalue weighted by molar-refractivity contribution is -0.139. The fourth-order valence-corrected chi connectivity index (χ4v) is 4.11. The quantitative estimate of drug-likeness (QED) is 0.365. The molecule has 1 saturated heterocycles. The molecule has 7 heteroatoms. The van der Waals surface area contributed by atoms with E-state index in [0.29, 0.717) is 38.9 Å². The summed E-state index contributed by atoms with van der Waals surface area (Å²) in [4.78, 5) is 10.6. The van der Waals surface area contributed by atoms with Gasteiger partial charge in [-0.15, -0.1) is 0 Å². The summed E-state index contributed by atoms with van der Waals surface area (Å²) in [6.07, 6.45) is 8.68. The zero-order valence-corrected chi connectivity index (χ0v) is 17.6. The standard InChI is InChI=1S/C24H32O7/c25-21-16-22(26)20(19(21)10-6-1-2-7-11-23(27)28)12-13-24(30-14-15-31-24)17-29-18-8-4-3-5-9-18/h1,3-6,8-9,12-13,19-22,25-26H,2,7,10-11,14-17H2,(H,27,28)/b6-1+,13-12+/t19-,20-,21+,22-/m1/s1. The van der Waals surface area contributed by atoms with Crippen molar-refractivity contribution in [1.82, 2.24) is 0 Å². The van der Waals surface area contributed by atoms with Gasteiger partial charge < -0.3 is 29.5 Å². The van der Waals surface area contributed by atoms with Crippen LogP contribution in [0.4, 0.5) is 0 Å². The monoisotopic (exact) mass is 432 g/mol. The van der Waals surface area contributed by atoms with Gasteiger partial charge in [-0.3, -0.25) is 4.79 Å². The molecule has 3 rings (SSSR count). The van der Waals surface area contributed by atoms with Gasteiger partial charge in [-0.1, -0.05) is 36.4 Å². The van der Waals surface area contributed by atoms with Crippen LogP contribution in [0.3, 0.4) is 0 Å². The molecule has 0 amide bonds. The van der Waals surface area contributed by atoms with Gasteiger partial charge >= 0.3 is 5.97 Å². The molecule has 7 nitrogen and oxygen atoms in total. The Morgan fingerprint density at radius 3 is 2.58 bits per heavy atom. The molecule has 0 radical (unpaired) electrons. The van der Waals surface area contributed by atoms with Crippen molar-refractivity contribution in [3.8, 4) is 5.75 Å². The summed E-state index contributed by atoms with van der Waals surface area (Å²) in [5.41, 5.74) is 0. The van der Waals surface area contributed by atoms with E-state index in [1.54, 1.807) is 6.08 Å². The van der Waals surface area contributed by atoms with Crippen LogP contribution >= 0.6 is 0 Å². The summed E-state index contributed by atoms with van der Waals surface area (Å²) in [7, 11) is 0. The first-order valence-electron chi connectivity index (χ1n) is 10.9. The summed E-state index contributed by atoms with van der Waals surface area (Å²) in [6, 6.07) is 9.43. The smallest absolute Gasteiger partial charge is 0.303 e. The minimum absolute atomic E-state index is 0.129. The second-order valence-electron chi connectivity index (χ2n) is 8.07. The number of aliphatic carboxylic acids is 1. The van der Waals surface area contributed by atoms with Crippen LogP contribution in [0.25, 0.3) is 0 Å². The summed E-state index contributed by atoms with van der Waals surface area (Å²) in [5, 5.41) is 29.6. The normalized spacial score (nSPS) is 27.9. The van der Waals surface area contributed by atoms with Gasteiger partial charge in [0.25, 0.3) is 0 Å². The van der Waals surface area contributed by atoms with Crippen molar-refractivity contribution in [3.63, 3.8) is 0 Å². The molecule has 0 unspecified atom stereocenters. The largest absolute Gasteiger partial charge is 0.488 e. The van der Waals surface area contributed by atoms with Gasteiger partial charge in [-0.2, -0.15) is 0 Å². The number of hydrogen-bond donors (Lipinski definition) is 3. The number of aliphatic hydroxyl groups is 2. The van der Waals surface area contributed by atoms with Crippen molar-refractivity contribution >= 4 is 5.97 Å². The van der Waals surface area contributed by atoms with Crippen LogP contribution in [0, 0.1) is 11.8 Å². The number of ether oxygens (including phenoxy) is 3. The number of unbranched alkanes of at least 4 members (excludes halogenated alkanes) is 1. The highest BCUT2D eigenvalue weighted by Crippen LogP contribution is 2.37. The minimum atomic E-state index is -1.01. The Morgan fingerprint density at radius 2 is 1.87 bits per heavy atom. The highest BCUT2D eigenvalue weighted by Gasteiger charge is 2.41. The van der Waals surface area contributed by atoms with Crippen molar-refractivity contribution in [1.29, 1.82) is 0 Å². The highest BCUT2D eigenvalue weighted by atomic mass is 16.8. The molecule has 1 aliphatic carbocycles. The van der Waals surface area contributed by atoms with E-state index in [0.717, 1.165) is 5.75 Å². The Labute approximate surface area is 182 Å². The third-order valence-electron chi connectivity index (χ3n) is 5.78. The number of para-hydroxylation sites is 1. The van der Waals surface area contributed by atoms with Crippen molar-refractivity contribution in [2.45, 2.75) is 50.1 Å². The van der Waals surface area contributed by atoms with Crippen LogP contribution in [-0.2, 0) is 14.3 Å². The van der Waals surface area contributed by atoms with Crippen LogP contribution in [0.1, 0.15) is 32.1 Å². The van der Waals surface area contributed by atoms with E-state index in [2.05, 4.69) is 0 Å². The minimum Gasteiger partial charge on any atom is -0.488 e. The van der Waals surface area contributed by atoms with E-state index >= 15 is 0 Å². The molecular weight excluding hydrogens is 400 g/mol. The van der Waals surface area contributed by atoms with Crippen LogP contribution < -0.4 is 4.74 Å². The van der Waals surface area contributed by atoms with Gasteiger partial charge in [0.2, 0.25) is 5.79 Å². The maximum atomic E-state index is 10.6. The third kappa shape index (κ3) is 6.90. The number of aliphatic hydroxyl groups excluding tert-OH is 2. The summed E-state index contributed by atoms with van der Waals surface area (Å²) in [5.74, 6) is -1.46. The van der Waals surface area contributed by atoms with E-state index in [4.69, 9.17) is 19.3 Å². The molecule has 1 heterocycles. The predicted molar refractivity (Wildman–Crippen MR) is 115 cm³/mol. The molecule has 1 aliphatic heterocycles. The van der Waals surface area contributed by atoms with Gasteiger partial charge in [0.15, 0.2) is 0 Å². The number of rotatable bonds is 11. The highest BCUT2D eigenvalue weighted by molar-refractivity contribution is 5.66. The lowest BCUT2D eigenvalue weighted by atomic mass is 9.89. The van der Waals surface area contributed by atoms with E-state index < -0.39 is 24.0 Å². The molecule has 0 aromatic heterocycles. The van der Waals surface area contributed by atoms with E-state index in [-0.39, 0.29) is 24.9 Å². The third-order valence-corrected chi connectivity index (χ3v) is 5.78. The SMILES string of the molecule is O=C(O)CCC/C=C/C[C@@H]1[C@@H](/C=C/C2(COc3ccccc3)OCCO2)[C@H](O)C[C@@H]1O. The van der Waals surface area contributed by atoms with Crippen LogP contribution in [-0.4, -0.2) is 59.1 Å². The number of benzene rings is 1. The topological polar surface area (TPSA) is 105 Å². The van der Waals surface area contributed by atoms with Gasteiger partial charge in [-0.25, -0.2) is 0 Å². The Hall–Kier alpha value is -2.19. The maximum Gasteiger partial charge on any atom is 0.303 e. The molecule has 1 aromatic carbocycles. The molecule has 170 valence electrons. The number of carboxylic acids is 1. The molecule has 31 heavy (non-hydrogen) atoms. The van der Waals surface area contributed by atoms with E-state index in [9.17, 15) is 15.0 Å². The van der Waals surface area contributed by atoms with Gasteiger partial charge in [0.05, 0.1) is 25.4 Å². The fraction of sp³-hybridized carbons (Fsp3) is 0.542. The van der Waals surface area contributed by atoms with Crippen LogP contribution in [0.5, 0.6) is 5.75 Å². The Kier molecular flexibility index (Phi) is 8.66. The Balaban J connectivity index is 1.59. The second-order valence-corrected chi connectivity index (χ2v) is 8.07. The average Bonchev–Trinajstić information content (AvgIpc) is 3.32. The summed E-state index contributed by atoms with van der Waals surface area (Å²) >= 11 is 0.